The number of alkyl halides is 3. The number of thioether (sulfide) groups is 1. The number of nitrogens with zero attached hydrogens (tertiary/aromatic N) is 3. The number of halogens is 3. The van der Waals surface area contributed by atoms with E-state index in [1.165, 1.54) is 16.8 Å². The highest BCUT2D eigenvalue weighted by Gasteiger charge is 2.30. The minimum Gasteiger partial charge on any atom is -0.335 e. The van der Waals surface area contributed by atoms with Crippen LogP contribution in [-0.4, -0.2) is 26.5 Å². The molecule has 140 valence electrons. The lowest BCUT2D eigenvalue weighted by Gasteiger charge is -2.08. The van der Waals surface area contributed by atoms with Gasteiger partial charge in [0.1, 0.15) is 0 Å². The van der Waals surface area contributed by atoms with Crippen LogP contribution < -0.4 is 11.2 Å². The minimum absolute atomic E-state index is 0.0227. The fourth-order valence-corrected chi connectivity index (χ4v) is 2.89. The summed E-state index contributed by atoms with van der Waals surface area (Å²) in [6.45, 7) is 0. The molecule has 1 heterocycles. The molecule has 1 aromatic heterocycles. The van der Waals surface area contributed by atoms with Crippen LogP contribution in [0.4, 0.5) is 18.9 Å². The van der Waals surface area contributed by atoms with Crippen LogP contribution in [0.15, 0.2) is 59.8 Å². The van der Waals surface area contributed by atoms with Crippen molar-refractivity contribution < 1.29 is 18.0 Å². The number of carbonyl (C=O) groups excluding carboxylic acids is 1. The van der Waals surface area contributed by atoms with Crippen LogP contribution in [0.1, 0.15) is 5.56 Å². The zero-order chi connectivity index (χ0) is 19.4. The van der Waals surface area contributed by atoms with Gasteiger partial charge in [0.2, 0.25) is 11.1 Å². The summed E-state index contributed by atoms with van der Waals surface area (Å²) in [7, 11) is 0. The lowest BCUT2D eigenvalue weighted by molar-refractivity contribution is -0.137. The summed E-state index contributed by atoms with van der Waals surface area (Å²) in [6, 6.07) is 13.4. The van der Waals surface area contributed by atoms with Crippen LogP contribution in [0.25, 0.3) is 11.4 Å². The topological polar surface area (TPSA) is 85.8 Å². The van der Waals surface area contributed by atoms with Crippen molar-refractivity contribution in [3.63, 3.8) is 0 Å². The summed E-state index contributed by atoms with van der Waals surface area (Å²) in [5, 5.41) is 10.8. The number of hydrogen-bond acceptors (Lipinski definition) is 5. The summed E-state index contributed by atoms with van der Waals surface area (Å²) in [6.07, 6.45) is -4.42. The zero-order valence-corrected chi connectivity index (χ0v) is 14.6. The van der Waals surface area contributed by atoms with Crippen LogP contribution in [0, 0.1) is 0 Å². The molecule has 6 nitrogen and oxygen atoms in total. The Kier molecular flexibility index (Phi) is 5.36. The van der Waals surface area contributed by atoms with E-state index in [9.17, 15) is 18.0 Å². The van der Waals surface area contributed by atoms with E-state index >= 15 is 0 Å². The molecule has 0 aliphatic rings. The van der Waals surface area contributed by atoms with Crippen molar-refractivity contribution in [3.8, 4) is 11.4 Å². The standard InChI is InChI=1S/C17H14F3N5OS/c18-17(19,20)12-6-8-13(9-7-12)22-14(26)10-27-16-24-23-15(25(16)21)11-4-2-1-3-5-11/h1-9H,10,21H2,(H,22,26). The van der Waals surface area contributed by atoms with Gasteiger partial charge in [-0.3, -0.25) is 4.79 Å². The second kappa shape index (κ2) is 7.70. The Bertz CT molecular complexity index is 926. The number of aromatic nitrogens is 3. The summed E-state index contributed by atoms with van der Waals surface area (Å²) in [5.41, 5.74) is 0.279. The molecule has 0 fully saturated rings. The molecule has 1 amide bonds. The normalized spacial score (nSPS) is 11.4. The van der Waals surface area contributed by atoms with Gasteiger partial charge in [-0.1, -0.05) is 42.1 Å². The van der Waals surface area contributed by atoms with Gasteiger partial charge in [-0.2, -0.15) is 13.2 Å². The largest absolute Gasteiger partial charge is 0.416 e. The molecule has 3 N–H and O–H groups in total. The molecule has 3 rings (SSSR count). The van der Waals surface area contributed by atoms with Gasteiger partial charge in [0.05, 0.1) is 11.3 Å². The van der Waals surface area contributed by atoms with Gasteiger partial charge in [0.25, 0.3) is 0 Å². The SMILES string of the molecule is Nn1c(SCC(=O)Nc2ccc(C(F)(F)F)cc2)nnc1-c1ccccc1. The lowest BCUT2D eigenvalue weighted by Crippen LogP contribution is -2.16. The quantitative estimate of drug-likeness (QED) is 0.513. The molecular weight excluding hydrogens is 379 g/mol. The van der Waals surface area contributed by atoms with Gasteiger partial charge in [0, 0.05) is 11.3 Å². The van der Waals surface area contributed by atoms with E-state index in [0.29, 0.717) is 11.0 Å². The van der Waals surface area contributed by atoms with E-state index in [4.69, 9.17) is 5.84 Å². The van der Waals surface area contributed by atoms with E-state index in [0.717, 1.165) is 29.5 Å². The monoisotopic (exact) mass is 393 g/mol. The smallest absolute Gasteiger partial charge is 0.335 e. The van der Waals surface area contributed by atoms with Gasteiger partial charge >= 0.3 is 6.18 Å². The van der Waals surface area contributed by atoms with Gasteiger partial charge < -0.3 is 11.2 Å². The Balaban J connectivity index is 1.59. The predicted octanol–water partition coefficient (Wildman–Crippen LogP) is 3.41. The average molecular weight is 393 g/mol. The first kappa shape index (κ1) is 18.8. The third-order valence-corrected chi connectivity index (χ3v) is 4.47. The molecule has 0 atom stereocenters. The number of carbonyl (C=O) groups is 1. The third-order valence-electron chi connectivity index (χ3n) is 3.52. The Labute approximate surface area is 156 Å². The van der Waals surface area contributed by atoms with Crippen molar-refractivity contribution >= 4 is 23.4 Å². The van der Waals surface area contributed by atoms with Crippen LogP contribution in [0.3, 0.4) is 0 Å². The highest BCUT2D eigenvalue weighted by molar-refractivity contribution is 7.99. The molecule has 0 spiro atoms. The summed E-state index contributed by atoms with van der Waals surface area (Å²) in [4.78, 5) is 12.0. The maximum absolute atomic E-state index is 12.5. The number of rotatable bonds is 5. The molecule has 27 heavy (non-hydrogen) atoms. The van der Waals surface area contributed by atoms with Crippen LogP contribution >= 0.6 is 11.8 Å². The molecular formula is C17H14F3N5OS. The summed E-state index contributed by atoms with van der Waals surface area (Å²) >= 11 is 1.07. The van der Waals surface area contributed by atoms with Crippen molar-refractivity contribution in [2.24, 2.45) is 0 Å². The molecule has 0 radical (unpaired) electrons. The van der Waals surface area contributed by atoms with Crippen LogP contribution in [-0.2, 0) is 11.0 Å². The molecule has 0 saturated carbocycles. The van der Waals surface area contributed by atoms with E-state index < -0.39 is 17.6 Å². The number of benzene rings is 2. The summed E-state index contributed by atoms with van der Waals surface area (Å²) < 4.78 is 38.9. The molecule has 2 aromatic carbocycles. The first-order valence-corrected chi connectivity index (χ1v) is 8.69. The number of hydrogen-bond donors (Lipinski definition) is 2. The Morgan fingerprint density at radius 2 is 1.74 bits per heavy atom. The van der Waals surface area contributed by atoms with E-state index in [2.05, 4.69) is 15.5 Å². The molecule has 10 heteroatoms. The first-order valence-electron chi connectivity index (χ1n) is 7.70. The minimum atomic E-state index is -4.42. The lowest BCUT2D eigenvalue weighted by atomic mass is 10.2. The third kappa shape index (κ3) is 4.59. The van der Waals surface area contributed by atoms with E-state index in [-0.39, 0.29) is 11.4 Å². The van der Waals surface area contributed by atoms with Crippen LogP contribution in [0.5, 0.6) is 0 Å². The Morgan fingerprint density at radius 1 is 1.07 bits per heavy atom. The van der Waals surface area contributed by atoms with Crippen molar-refractivity contribution in [2.75, 3.05) is 16.9 Å². The number of nitrogens with two attached hydrogens (primary N) is 1. The van der Waals surface area contributed by atoms with Gasteiger partial charge in [-0.25, -0.2) is 4.68 Å². The molecule has 0 unspecified atom stereocenters. The zero-order valence-electron chi connectivity index (χ0n) is 13.8. The van der Waals surface area contributed by atoms with Crippen LogP contribution in [0.2, 0.25) is 0 Å². The molecule has 0 bridgehead atoms. The number of nitrogen functional groups attached to an aromatic ring is 1. The van der Waals surface area contributed by atoms with Gasteiger partial charge in [-0.15, -0.1) is 10.2 Å². The molecule has 3 aromatic rings. The first-order chi connectivity index (χ1) is 12.8. The maximum atomic E-state index is 12.5. The number of anilines is 1. The highest BCUT2D eigenvalue weighted by Crippen LogP contribution is 2.30. The van der Waals surface area contributed by atoms with Crippen molar-refractivity contribution in [1.29, 1.82) is 0 Å². The Hall–Kier alpha value is -3.01. The van der Waals surface area contributed by atoms with Crippen molar-refractivity contribution in [1.82, 2.24) is 14.9 Å². The van der Waals surface area contributed by atoms with Gasteiger partial charge in [-0.05, 0) is 24.3 Å². The van der Waals surface area contributed by atoms with E-state index in [1.54, 1.807) is 0 Å². The maximum Gasteiger partial charge on any atom is 0.416 e. The molecule has 0 aliphatic carbocycles. The second-order valence-corrected chi connectivity index (χ2v) is 6.40. The fourth-order valence-electron chi connectivity index (χ4n) is 2.23. The van der Waals surface area contributed by atoms with E-state index in [1.807, 2.05) is 30.3 Å². The molecule has 0 saturated heterocycles. The predicted molar refractivity (Wildman–Crippen MR) is 96.4 cm³/mol. The van der Waals surface area contributed by atoms with Gasteiger partial charge in [0.15, 0.2) is 5.82 Å². The Morgan fingerprint density at radius 3 is 2.37 bits per heavy atom. The highest BCUT2D eigenvalue weighted by atomic mass is 32.2. The fraction of sp³-hybridized carbons (Fsp3) is 0.118. The number of amides is 1. The van der Waals surface area contributed by atoms with Crippen molar-refractivity contribution in [3.05, 3.63) is 60.2 Å². The number of nitrogens with one attached hydrogen (secondary N) is 1. The average Bonchev–Trinajstić information content (AvgIpc) is 3.01. The summed E-state index contributed by atoms with van der Waals surface area (Å²) in [5.74, 6) is 6.00. The molecule has 0 aliphatic heterocycles. The van der Waals surface area contributed by atoms with Crippen molar-refractivity contribution in [2.45, 2.75) is 11.3 Å². The second-order valence-electron chi connectivity index (χ2n) is 5.45.